The molecular weight excluding hydrogens is 370 g/mol. The summed E-state index contributed by atoms with van der Waals surface area (Å²) < 4.78 is 5.51. The van der Waals surface area contributed by atoms with Crippen molar-refractivity contribution in [3.8, 4) is 0 Å². The number of hydrogen-bond acceptors (Lipinski definition) is 4. The number of carboxylic acids is 1. The highest BCUT2D eigenvalue weighted by Gasteiger charge is 2.15. The Balaban J connectivity index is 1.52. The van der Waals surface area contributed by atoms with E-state index in [2.05, 4.69) is 4.98 Å². The molecule has 4 nitrogen and oxygen atoms in total. The van der Waals surface area contributed by atoms with Gasteiger partial charge in [0.1, 0.15) is 6.26 Å². The molecular formula is C23H23NO3S. The normalized spacial score (nSPS) is 12.3. The van der Waals surface area contributed by atoms with Gasteiger partial charge in [-0.15, -0.1) is 11.8 Å². The number of hydrogen-bond donors (Lipinski definition) is 1. The molecule has 1 N–H and O–H groups in total. The lowest BCUT2D eigenvalue weighted by molar-refractivity contribution is -0.141. The fraction of sp³-hybridized carbons (Fsp3) is 0.217. The Morgan fingerprint density at radius 3 is 2.57 bits per heavy atom. The van der Waals surface area contributed by atoms with E-state index in [1.165, 1.54) is 0 Å². The second-order valence-corrected chi connectivity index (χ2v) is 7.55. The highest BCUT2D eigenvalue weighted by Crippen LogP contribution is 2.24. The first kappa shape index (κ1) is 20.0. The summed E-state index contributed by atoms with van der Waals surface area (Å²) in [5, 5.41) is 9.18. The molecule has 5 heteroatoms. The van der Waals surface area contributed by atoms with E-state index in [4.69, 9.17) is 4.42 Å². The molecule has 1 atom stereocenters. The predicted molar refractivity (Wildman–Crippen MR) is 113 cm³/mol. The van der Waals surface area contributed by atoms with Crippen molar-refractivity contribution in [2.24, 2.45) is 5.92 Å². The van der Waals surface area contributed by atoms with Crippen LogP contribution in [0.5, 0.6) is 0 Å². The van der Waals surface area contributed by atoms with Crippen LogP contribution in [0.1, 0.15) is 36.1 Å². The number of aliphatic carboxylic acids is 1. The summed E-state index contributed by atoms with van der Waals surface area (Å²) in [5.74, 6) is 0.253. The molecule has 1 heterocycles. The summed E-state index contributed by atoms with van der Waals surface area (Å²) in [6, 6.07) is 18.1. The third kappa shape index (κ3) is 5.86. The average molecular weight is 394 g/mol. The number of benzene rings is 2. The average Bonchev–Trinajstić information content (AvgIpc) is 3.18. The number of carbonyl (C=O) groups is 1. The minimum absolute atomic E-state index is 0.323. The molecule has 1 unspecified atom stereocenters. The summed E-state index contributed by atoms with van der Waals surface area (Å²) in [5.41, 5.74) is 3.04. The lowest BCUT2D eigenvalue weighted by Gasteiger charge is -2.10. The molecule has 0 spiro atoms. The van der Waals surface area contributed by atoms with Crippen molar-refractivity contribution in [3.63, 3.8) is 0 Å². The maximum atomic E-state index is 11.2. The number of thioether (sulfide) groups is 1. The van der Waals surface area contributed by atoms with Crippen LogP contribution in [0.2, 0.25) is 0 Å². The van der Waals surface area contributed by atoms with Crippen molar-refractivity contribution in [1.29, 1.82) is 0 Å². The zero-order chi connectivity index (χ0) is 19.8. The molecule has 0 saturated carbocycles. The quantitative estimate of drug-likeness (QED) is 0.466. The monoisotopic (exact) mass is 393 g/mol. The summed E-state index contributed by atoms with van der Waals surface area (Å²) in [6.07, 6.45) is 6.73. The summed E-state index contributed by atoms with van der Waals surface area (Å²) in [6.45, 7) is 1.91. The highest BCUT2D eigenvalue weighted by molar-refractivity contribution is 7.98. The Kier molecular flexibility index (Phi) is 7.09. The largest absolute Gasteiger partial charge is 0.481 e. The third-order valence-corrected chi connectivity index (χ3v) is 5.47. The van der Waals surface area contributed by atoms with Crippen molar-refractivity contribution >= 4 is 29.9 Å². The van der Waals surface area contributed by atoms with Gasteiger partial charge in [-0.25, -0.2) is 4.98 Å². The fourth-order valence-corrected chi connectivity index (χ4v) is 3.54. The van der Waals surface area contributed by atoms with Gasteiger partial charge in [0.25, 0.3) is 0 Å². The molecule has 0 radical (unpaired) electrons. The van der Waals surface area contributed by atoms with Gasteiger partial charge in [-0.3, -0.25) is 4.79 Å². The summed E-state index contributed by atoms with van der Waals surface area (Å²) in [4.78, 5) is 16.8. The smallest absolute Gasteiger partial charge is 0.306 e. The molecule has 144 valence electrons. The second-order valence-electron chi connectivity index (χ2n) is 6.50. The molecule has 0 bridgehead atoms. The van der Waals surface area contributed by atoms with Gasteiger partial charge < -0.3 is 9.52 Å². The molecule has 0 fully saturated rings. The van der Waals surface area contributed by atoms with Gasteiger partial charge >= 0.3 is 5.97 Å². The summed E-state index contributed by atoms with van der Waals surface area (Å²) in [7, 11) is 0. The van der Waals surface area contributed by atoms with Crippen LogP contribution in [-0.2, 0) is 17.0 Å². The van der Waals surface area contributed by atoms with Crippen LogP contribution in [0.15, 0.2) is 70.2 Å². The van der Waals surface area contributed by atoms with Crippen molar-refractivity contribution in [2.45, 2.75) is 30.4 Å². The van der Waals surface area contributed by atoms with Crippen LogP contribution in [0, 0.1) is 5.92 Å². The Morgan fingerprint density at radius 2 is 1.89 bits per heavy atom. The molecule has 1 aromatic heterocycles. The van der Waals surface area contributed by atoms with Crippen LogP contribution in [0.4, 0.5) is 0 Å². The van der Waals surface area contributed by atoms with E-state index < -0.39 is 5.97 Å². The number of aromatic nitrogens is 1. The fourth-order valence-electron chi connectivity index (χ4n) is 2.77. The van der Waals surface area contributed by atoms with Crippen LogP contribution >= 0.6 is 11.8 Å². The van der Waals surface area contributed by atoms with Crippen molar-refractivity contribution < 1.29 is 14.3 Å². The Bertz CT molecular complexity index is 917. The van der Waals surface area contributed by atoms with Gasteiger partial charge in [0.05, 0.1) is 11.6 Å². The summed E-state index contributed by atoms with van der Waals surface area (Å²) >= 11 is 1.68. The zero-order valence-corrected chi connectivity index (χ0v) is 16.6. The van der Waals surface area contributed by atoms with Crippen molar-refractivity contribution in [2.75, 3.05) is 0 Å². The van der Waals surface area contributed by atoms with Gasteiger partial charge in [0, 0.05) is 16.7 Å². The van der Waals surface area contributed by atoms with Gasteiger partial charge in [0.15, 0.2) is 0 Å². The van der Waals surface area contributed by atoms with E-state index in [0.29, 0.717) is 24.5 Å². The van der Waals surface area contributed by atoms with Crippen LogP contribution < -0.4 is 0 Å². The Hall–Kier alpha value is -2.79. The maximum absolute atomic E-state index is 11.2. The number of nitrogens with zero attached hydrogens (tertiary/aromatic N) is 1. The molecule has 28 heavy (non-hydrogen) atoms. The van der Waals surface area contributed by atoms with Crippen molar-refractivity contribution in [3.05, 3.63) is 83.6 Å². The van der Waals surface area contributed by atoms with E-state index >= 15 is 0 Å². The molecule has 3 rings (SSSR count). The first-order valence-electron chi connectivity index (χ1n) is 9.26. The van der Waals surface area contributed by atoms with E-state index in [1.54, 1.807) is 18.0 Å². The topological polar surface area (TPSA) is 63.3 Å². The standard InChI is InChI=1S/C23H23NO3S/c1-2-19(23(25)26)14-18-8-11-21(12-9-18)28-16-20-15-27-22(24-20)13-10-17-6-4-3-5-7-17/h3-13,15,19H,2,14,16H2,1H3,(H,25,26)/b13-10+. The maximum Gasteiger partial charge on any atom is 0.306 e. The number of carboxylic acid groups (broad SMARTS) is 1. The Morgan fingerprint density at radius 1 is 1.14 bits per heavy atom. The molecule has 0 aliphatic carbocycles. The van der Waals surface area contributed by atoms with Gasteiger partial charge in [0.2, 0.25) is 5.89 Å². The lowest BCUT2D eigenvalue weighted by atomic mass is 9.97. The first-order chi connectivity index (χ1) is 13.6. The highest BCUT2D eigenvalue weighted by atomic mass is 32.2. The SMILES string of the molecule is CCC(Cc1ccc(SCc2coc(/C=C/c3ccccc3)n2)cc1)C(=O)O. The van der Waals surface area contributed by atoms with Gasteiger partial charge in [-0.1, -0.05) is 49.4 Å². The van der Waals surface area contributed by atoms with Gasteiger partial charge in [-0.05, 0) is 42.2 Å². The molecule has 0 aliphatic heterocycles. The second kappa shape index (κ2) is 9.95. The van der Waals surface area contributed by atoms with E-state index in [-0.39, 0.29) is 5.92 Å². The van der Waals surface area contributed by atoms with Crippen LogP contribution in [0.3, 0.4) is 0 Å². The molecule has 0 amide bonds. The van der Waals surface area contributed by atoms with E-state index in [1.807, 2.05) is 73.7 Å². The lowest BCUT2D eigenvalue weighted by Crippen LogP contribution is -2.15. The minimum Gasteiger partial charge on any atom is -0.481 e. The van der Waals surface area contributed by atoms with Crippen molar-refractivity contribution in [1.82, 2.24) is 4.98 Å². The predicted octanol–water partition coefficient (Wildman–Crippen LogP) is 5.79. The van der Waals surface area contributed by atoms with Crippen LogP contribution in [-0.4, -0.2) is 16.1 Å². The molecule has 0 saturated heterocycles. The number of rotatable bonds is 9. The first-order valence-corrected chi connectivity index (χ1v) is 10.2. The zero-order valence-electron chi connectivity index (χ0n) is 15.7. The van der Waals surface area contributed by atoms with E-state index in [9.17, 15) is 9.90 Å². The molecule has 3 aromatic rings. The van der Waals surface area contributed by atoms with Gasteiger partial charge in [-0.2, -0.15) is 0 Å². The van der Waals surface area contributed by atoms with E-state index in [0.717, 1.165) is 21.7 Å². The molecule has 0 aliphatic rings. The Labute approximate surface area is 169 Å². The molecule has 2 aromatic carbocycles. The number of oxazole rings is 1. The van der Waals surface area contributed by atoms with Crippen LogP contribution in [0.25, 0.3) is 12.2 Å². The third-order valence-electron chi connectivity index (χ3n) is 4.42. The minimum atomic E-state index is -0.732.